The predicted molar refractivity (Wildman–Crippen MR) is 88.2 cm³/mol. The van der Waals surface area contributed by atoms with Crippen molar-refractivity contribution in [3.05, 3.63) is 34.3 Å². The van der Waals surface area contributed by atoms with Crippen LogP contribution in [0.4, 0.5) is 0 Å². The Kier molecular flexibility index (Phi) is 6.05. The highest BCUT2D eigenvalue weighted by Gasteiger charge is 2.35. The summed E-state index contributed by atoms with van der Waals surface area (Å²) in [5.41, 5.74) is 6.49. The maximum atomic E-state index is 12.7. The molecule has 1 aromatic carbocycles. The summed E-state index contributed by atoms with van der Waals surface area (Å²) in [6.07, 6.45) is 2.02. The smallest absolute Gasteiger partial charge is 0.232 e. The molecule has 1 aliphatic heterocycles. The lowest BCUT2D eigenvalue weighted by Gasteiger charge is -2.36. The molecule has 0 aromatic heterocycles. The number of carbonyl (C=O) groups excluding carboxylic acids is 1. The summed E-state index contributed by atoms with van der Waals surface area (Å²) in [6.45, 7) is 5.47. The van der Waals surface area contributed by atoms with E-state index in [2.05, 4.69) is 15.9 Å². The van der Waals surface area contributed by atoms with Gasteiger partial charge >= 0.3 is 0 Å². The van der Waals surface area contributed by atoms with Crippen LogP contribution >= 0.6 is 28.3 Å². The minimum absolute atomic E-state index is 0. The maximum Gasteiger partial charge on any atom is 0.232 e. The van der Waals surface area contributed by atoms with Crippen LogP contribution in [-0.2, 0) is 10.2 Å². The fourth-order valence-electron chi connectivity index (χ4n) is 2.59. The molecule has 1 amide bonds. The fourth-order valence-corrected chi connectivity index (χ4v) is 2.99. The Morgan fingerprint density at radius 2 is 2.15 bits per heavy atom. The zero-order valence-electron chi connectivity index (χ0n) is 11.9. The molecular formula is C15H22BrClN2O. The fraction of sp³-hybridized carbons (Fsp3) is 0.533. The van der Waals surface area contributed by atoms with Crippen molar-refractivity contribution in [1.82, 2.24) is 4.90 Å². The molecule has 1 heterocycles. The van der Waals surface area contributed by atoms with Crippen molar-refractivity contribution < 1.29 is 4.79 Å². The molecule has 2 N–H and O–H groups in total. The number of halogens is 2. The van der Waals surface area contributed by atoms with Crippen LogP contribution in [0.25, 0.3) is 0 Å². The monoisotopic (exact) mass is 360 g/mol. The third-order valence-electron chi connectivity index (χ3n) is 3.83. The van der Waals surface area contributed by atoms with E-state index in [1.54, 1.807) is 0 Å². The highest BCUT2D eigenvalue weighted by molar-refractivity contribution is 9.10. The molecule has 1 aliphatic rings. The molecule has 2 rings (SSSR count). The van der Waals surface area contributed by atoms with E-state index in [4.69, 9.17) is 5.73 Å². The van der Waals surface area contributed by atoms with Crippen molar-refractivity contribution >= 4 is 34.2 Å². The second-order valence-corrected chi connectivity index (χ2v) is 6.70. The van der Waals surface area contributed by atoms with Crippen molar-refractivity contribution in [3.63, 3.8) is 0 Å². The second kappa shape index (κ2) is 6.92. The quantitative estimate of drug-likeness (QED) is 0.880. The zero-order chi connectivity index (χ0) is 14.0. The van der Waals surface area contributed by atoms with Crippen LogP contribution < -0.4 is 5.73 Å². The van der Waals surface area contributed by atoms with Gasteiger partial charge in [0.15, 0.2) is 0 Å². The molecule has 0 aliphatic carbocycles. The van der Waals surface area contributed by atoms with Gasteiger partial charge in [-0.1, -0.05) is 28.1 Å². The maximum absolute atomic E-state index is 12.7. The number of carbonyl (C=O) groups is 1. The van der Waals surface area contributed by atoms with Gasteiger partial charge in [-0.15, -0.1) is 12.4 Å². The van der Waals surface area contributed by atoms with Gasteiger partial charge in [-0.05, 0) is 44.4 Å². The Morgan fingerprint density at radius 1 is 1.45 bits per heavy atom. The van der Waals surface area contributed by atoms with E-state index in [-0.39, 0.29) is 24.4 Å². The van der Waals surface area contributed by atoms with Crippen LogP contribution in [0, 0.1) is 0 Å². The van der Waals surface area contributed by atoms with Crippen LogP contribution in [0.2, 0.25) is 0 Å². The van der Waals surface area contributed by atoms with Crippen molar-refractivity contribution in [2.45, 2.75) is 38.1 Å². The van der Waals surface area contributed by atoms with Crippen molar-refractivity contribution in [1.29, 1.82) is 0 Å². The lowest BCUT2D eigenvalue weighted by molar-refractivity contribution is -0.137. The summed E-state index contributed by atoms with van der Waals surface area (Å²) < 4.78 is 1.00. The molecule has 1 fully saturated rings. The first-order valence-corrected chi connectivity index (χ1v) is 7.51. The molecule has 0 saturated carbocycles. The van der Waals surface area contributed by atoms with Gasteiger partial charge in [0, 0.05) is 23.6 Å². The Labute approximate surface area is 135 Å². The summed E-state index contributed by atoms with van der Waals surface area (Å²) >= 11 is 3.46. The predicted octanol–water partition coefficient (Wildman–Crippen LogP) is 3.10. The van der Waals surface area contributed by atoms with Crippen molar-refractivity contribution in [2.24, 2.45) is 5.73 Å². The largest absolute Gasteiger partial charge is 0.340 e. The standard InChI is InChI=1S/C15H21BrN2O.ClH/c1-15(2,11-5-3-6-12(16)9-11)14(19)18-8-4-7-13(17)10-18;/h3,5-6,9,13H,4,7-8,10,17H2,1-2H3;1H. The Balaban J connectivity index is 0.00000200. The van der Waals surface area contributed by atoms with Crippen LogP contribution in [0.1, 0.15) is 32.3 Å². The first-order chi connectivity index (χ1) is 8.91. The summed E-state index contributed by atoms with van der Waals surface area (Å²) in [4.78, 5) is 14.6. The van der Waals surface area contributed by atoms with E-state index >= 15 is 0 Å². The summed E-state index contributed by atoms with van der Waals surface area (Å²) in [6, 6.07) is 8.09. The average molecular weight is 362 g/mol. The van der Waals surface area contributed by atoms with Gasteiger partial charge in [0.25, 0.3) is 0 Å². The van der Waals surface area contributed by atoms with Gasteiger partial charge in [-0.25, -0.2) is 0 Å². The van der Waals surface area contributed by atoms with E-state index in [1.165, 1.54) is 0 Å². The SMILES string of the molecule is CC(C)(C(=O)N1CCCC(N)C1)c1cccc(Br)c1.Cl. The van der Waals surface area contributed by atoms with Gasteiger partial charge in [0.05, 0.1) is 5.41 Å². The highest BCUT2D eigenvalue weighted by atomic mass is 79.9. The summed E-state index contributed by atoms with van der Waals surface area (Å²) in [5.74, 6) is 0.167. The van der Waals surface area contributed by atoms with Gasteiger partial charge in [-0.3, -0.25) is 4.79 Å². The molecule has 5 heteroatoms. The average Bonchev–Trinajstić information content (AvgIpc) is 2.38. The Bertz CT molecular complexity index is 479. The molecule has 1 saturated heterocycles. The van der Waals surface area contributed by atoms with Crippen molar-refractivity contribution in [2.75, 3.05) is 13.1 Å². The molecule has 0 spiro atoms. The van der Waals surface area contributed by atoms with Gasteiger partial charge < -0.3 is 10.6 Å². The van der Waals surface area contributed by atoms with E-state index in [0.29, 0.717) is 6.54 Å². The molecule has 1 aromatic rings. The number of nitrogens with zero attached hydrogens (tertiary/aromatic N) is 1. The zero-order valence-corrected chi connectivity index (χ0v) is 14.3. The highest BCUT2D eigenvalue weighted by Crippen LogP contribution is 2.29. The molecule has 20 heavy (non-hydrogen) atoms. The third kappa shape index (κ3) is 3.74. The van der Waals surface area contributed by atoms with E-state index < -0.39 is 5.41 Å². The van der Waals surface area contributed by atoms with E-state index in [9.17, 15) is 4.79 Å². The molecule has 112 valence electrons. The molecule has 1 unspecified atom stereocenters. The minimum atomic E-state index is -0.513. The third-order valence-corrected chi connectivity index (χ3v) is 4.32. The minimum Gasteiger partial charge on any atom is -0.340 e. The molecule has 3 nitrogen and oxygen atoms in total. The first-order valence-electron chi connectivity index (χ1n) is 6.72. The molecular weight excluding hydrogens is 340 g/mol. The Hall–Kier alpha value is -0.580. The number of piperidine rings is 1. The summed E-state index contributed by atoms with van der Waals surface area (Å²) in [5, 5.41) is 0. The molecule has 0 radical (unpaired) electrons. The number of hydrogen-bond donors (Lipinski definition) is 1. The lowest BCUT2D eigenvalue weighted by atomic mass is 9.82. The van der Waals surface area contributed by atoms with Crippen LogP contribution in [0.5, 0.6) is 0 Å². The number of likely N-dealkylation sites (tertiary alicyclic amines) is 1. The number of benzene rings is 1. The normalized spacial score (nSPS) is 19.4. The molecule has 0 bridgehead atoms. The van der Waals surface area contributed by atoms with Crippen LogP contribution in [0.15, 0.2) is 28.7 Å². The number of nitrogens with two attached hydrogens (primary N) is 1. The summed E-state index contributed by atoms with van der Waals surface area (Å²) in [7, 11) is 0. The number of hydrogen-bond acceptors (Lipinski definition) is 2. The molecule has 1 atom stereocenters. The van der Waals surface area contributed by atoms with Crippen LogP contribution in [-0.4, -0.2) is 29.9 Å². The second-order valence-electron chi connectivity index (χ2n) is 5.79. The van der Waals surface area contributed by atoms with Crippen LogP contribution in [0.3, 0.4) is 0 Å². The van der Waals surface area contributed by atoms with E-state index in [1.807, 2.05) is 43.0 Å². The lowest BCUT2D eigenvalue weighted by Crippen LogP contribution is -2.51. The Morgan fingerprint density at radius 3 is 2.75 bits per heavy atom. The van der Waals surface area contributed by atoms with Gasteiger partial charge in [0.1, 0.15) is 0 Å². The van der Waals surface area contributed by atoms with E-state index in [0.717, 1.165) is 29.4 Å². The van der Waals surface area contributed by atoms with Crippen molar-refractivity contribution in [3.8, 4) is 0 Å². The van der Waals surface area contributed by atoms with Gasteiger partial charge in [0.2, 0.25) is 5.91 Å². The first kappa shape index (κ1) is 17.5. The number of rotatable bonds is 2. The topological polar surface area (TPSA) is 46.3 Å². The van der Waals surface area contributed by atoms with Gasteiger partial charge in [-0.2, -0.15) is 0 Å². The number of amides is 1.